The molecule has 0 spiro atoms. The normalized spacial score (nSPS) is 14.8. The second-order valence-corrected chi connectivity index (χ2v) is 5.75. The maximum absolute atomic E-state index is 12.1. The lowest BCUT2D eigenvalue weighted by molar-refractivity contribution is -0.125. The first-order valence-corrected chi connectivity index (χ1v) is 8.04. The minimum absolute atomic E-state index is 0.0708. The van der Waals surface area contributed by atoms with Gasteiger partial charge in [-0.2, -0.15) is 5.10 Å². The van der Waals surface area contributed by atoms with Crippen molar-refractivity contribution < 1.29 is 14.3 Å². The van der Waals surface area contributed by atoms with Gasteiger partial charge in [0.15, 0.2) is 6.61 Å². The van der Waals surface area contributed by atoms with E-state index in [0.29, 0.717) is 11.4 Å². The highest BCUT2D eigenvalue weighted by molar-refractivity contribution is 6.02. The predicted molar refractivity (Wildman–Crippen MR) is 95.8 cm³/mol. The summed E-state index contributed by atoms with van der Waals surface area (Å²) in [5.74, 6) is 0.0559. The molecule has 1 aliphatic rings. The van der Waals surface area contributed by atoms with Crippen molar-refractivity contribution in [2.24, 2.45) is 5.10 Å². The summed E-state index contributed by atoms with van der Waals surface area (Å²) in [4.78, 5) is 25.6. The van der Waals surface area contributed by atoms with Crippen LogP contribution in [0, 0.1) is 0 Å². The number of nitrogens with zero attached hydrogens (tertiary/aromatic N) is 2. The van der Waals surface area contributed by atoms with Crippen molar-refractivity contribution in [3.8, 4) is 5.75 Å². The molecule has 0 aliphatic carbocycles. The zero-order valence-electron chi connectivity index (χ0n) is 13.9. The summed E-state index contributed by atoms with van der Waals surface area (Å²) in [6.07, 6.45) is 1.67. The Morgan fingerprint density at radius 1 is 1.24 bits per heavy atom. The van der Waals surface area contributed by atoms with Crippen LogP contribution >= 0.6 is 0 Å². The molecule has 0 radical (unpaired) electrons. The van der Waals surface area contributed by atoms with Gasteiger partial charge in [0, 0.05) is 12.1 Å². The lowest BCUT2D eigenvalue weighted by atomic mass is 10.0. The second kappa shape index (κ2) is 7.61. The summed E-state index contributed by atoms with van der Waals surface area (Å²) in [7, 11) is 0. The zero-order valence-corrected chi connectivity index (χ0v) is 13.9. The third kappa shape index (κ3) is 4.03. The lowest BCUT2D eigenvalue weighted by Crippen LogP contribution is -2.44. The van der Waals surface area contributed by atoms with E-state index in [1.807, 2.05) is 43.3 Å². The monoisotopic (exact) mass is 337 g/mol. The molecule has 1 aliphatic heterocycles. The van der Waals surface area contributed by atoms with Crippen LogP contribution in [0.4, 0.5) is 5.69 Å². The van der Waals surface area contributed by atoms with Crippen LogP contribution in [0.1, 0.15) is 18.4 Å². The van der Waals surface area contributed by atoms with Gasteiger partial charge < -0.3 is 4.74 Å². The van der Waals surface area contributed by atoms with Crippen LogP contribution in [0.25, 0.3) is 0 Å². The van der Waals surface area contributed by atoms with Crippen molar-refractivity contribution in [2.75, 3.05) is 18.1 Å². The van der Waals surface area contributed by atoms with Crippen LogP contribution in [0.2, 0.25) is 0 Å². The number of hydrogen-bond donors (Lipinski definition) is 1. The van der Waals surface area contributed by atoms with Crippen molar-refractivity contribution in [1.29, 1.82) is 0 Å². The molecule has 0 saturated heterocycles. The van der Waals surface area contributed by atoms with Gasteiger partial charge in [0.25, 0.3) is 11.8 Å². The van der Waals surface area contributed by atoms with Gasteiger partial charge in [-0.05, 0) is 17.7 Å². The Hall–Kier alpha value is -3.15. The average molecular weight is 337 g/mol. The molecule has 2 aromatic carbocycles. The standard InChI is InChI=1S/C19H19N3O3/c1-14(15-7-3-2-4-8-15)11-20-21-18(23)12-22-16-9-5-6-10-17(16)25-13-19(22)24/h2-11,14H,12-13H2,1H3,(H,21,23)/b20-11-/t14-/m1/s1. The number of amides is 2. The molecular weight excluding hydrogens is 318 g/mol. The summed E-state index contributed by atoms with van der Waals surface area (Å²) in [6.45, 7) is 1.82. The van der Waals surface area contributed by atoms with E-state index in [2.05, 4.69) is 10.5 Å². The Bertz CT molecular complexity index is 790. The fraction of sp³-hybridized carbons (Fsp3) is 0.211. The van der Waals surface area contributed by atoms with Crippen LogP contribution in [-0.2, 0) is 9.59 Å². The van der Waals surface area contributed by atoms with E-state index >= 15 is 0 Å². The second-order valence-electron chi connectivity index (χ2n) is 5.75. The molecular formula is C19H19N3O3. The third-order valence-corrected chi connectivity index (χ3v) is 3.92. The smallest absolute Gasteiger partial charge is 0.265 e. The summed E-state index contributed by atoms with van der Waals surface area (Å²) >= 11 is 0. The number of nitrogens with one attached hydrogen (secondary N) is 1. The van der Waals surface area contributed by atoms with Gasteiger partial charge in [0.2, 0.25) is 0 Å². The number of carbonyl (C=O) groups is 2. The molecule has 0 fully saturated rings. The molecule has 25 heavy (non-hydrogen) atoms. The molecule has 0 bridgehead atoms. The molecule has 6 heteroatoms. The topological polar surface area (TPSA) is 71.0 Å². The quantitative estimate of drug-likeness (QED) is 0.672. The minimum Gasteiger partial charge on any atom is -0.482 e. The van der Waals surface area contributed by atoms with Gasteiger partial charge in [-0.25, -0.2) is 5.43 Å². The number of carbonyl (C=O) groups excluding carboxylic acids is 2. The van der Waals surface area contributed by atoms with Crippen molar-refractivity contribution in [2.45, 2.75) is 12.8 Å². The Balaban J connectivity index is 1.59. The van der Waals surface area contributed by atoms with E-state index in [4.69, 9.17) is 4.74 Å². The van der Waals surface area contributed by atoms with E-state index < -0.39 is 0 Å². The van der Waals surface area contributed by atoms with Gasteiger partial charge in [-0.1, -0.05) is 49.4 Å². The fourth-order valence-corrected chi connectivity index (χ4v) is 2.57. The minimum atomic E-state index is -0.360. The maximum Gasteiger partial charge on any atom is 0.265 e. The number of benzene rings is 2. The van der Waals surface area contributed by atoms with Crippen molar-refractivity contribution in [3.63, 3.8) is 0 Å². The molecule has 128 valence electrons. The highest BCUT2D eigenvalue weighted by Gasteiger charge is 2.26. The number of hydrogen-bond acceptors (Lipinski definition) is 4. The predicted octanol–water partition coefficient (Wildman–Crippen LogP) is 2.32. The van der Waals surface area contributed by atoms with Crippen LogP contribution in [0.3, 0.4) is 0 Å². The molecule has 0 saturated carbocycles. The Kier molecular flexibility index (Phi) is 5.09. The first-order valence-electron chi connectivity index (χ1n) is 8.04. The molecule has 0 unspecified atom stereocenters. The average Bonchev–Trinajstić information content (AvgIpc) is 2.65. The highest BCUT2D eigenvalue weighted by Crippen LogP contribution is 2.31. The molecule has 1 N–H and O–H groups in total. The van der Waals surface area contributed by atoms with E-state index in [1.54, 1.807) is 24.4 Å². The molecule has 1 atom stereocenters. The first-order chi connectivity index (χ1) is 12.1. The van der Waals surface area contributed by atoms with Gasteiger partial charge in [-0.15, -0.1) is 0 Å². The van der Waals surface area contributed by atoms with Crippen LogP contribution in [-0.4, -0.2) is 31.2 Å². The first kappa shape index (κ1) is 16.7. The molecule has 3 rings (SSSR count). The summed E-state index contributed by atoms with van der Waals surface area (Å²) in [5.41, 5.74) is 4.18. The molecule has 1 heterocycles. The SMILES string of the molecule is C[C@H](/C=N\NC(=O)CN1C(=O)COc2ccccc21)c1ccccc1. The third-order valence-electron chi connectivity index (χ3n) is 3.92. The number of anilines is 1. The van der Waals surface area contributed by atoms with Gasteiger partial charge in [0.05, 0.1) is 5.69 Å². The number of fused-ring (bicyclic) bond motifs is 1. The Morgan fingerprint density at radius 2 is 1.96 bits per heavy atom. The van der Waals surface area contributed by atoms with E-state index in [-0.39, 0.29) is 30.9 Å². The highest BCUT2D eigenvalue weighted by atomic mass is 16.5. The van der Waals surface area contributed by atoms with Crippen LogP contribution < -0.4 is 15.1 Å². The van der Waals surface area contributed by atoms with Crippen LogP contribution in [0.5, 0.6) is 5.75 Å². The summed E-state index contributed by atoms with van der Waals surface area (Å²) < 4.78 is 5.36. The number of para-hydroxylation sites is 2. The number of hydrazone groups is 1. The lowest BCUT2D eigenvalue weighted by Gasteiger charge is -2.28. The molecule has 0 aromatic heterocycles. The van der Waals surface area contributed by atoms with E-state index in [0.717, 1.165) is 5.56 Å². The largest absolute Gasteiger partial charge is 0.482 e. The van der Waals surface area contributed by atoms with Crippen LogP contribution in [0.15, 0.2) is 59.7 Å². The molecule has 2 amide bonds. The van der Waals surface area contributed by atoms with Gasteiger partial charge in [0.1, 0.15) is 12.3 Å². The number of rotatable bonds is 5. The Labute approximate surface area is 146 Å². The van der Waals surface area contributed by atoms with Gasteiger partial charge >= 0.3 is 0 Å². The fourth-order valence-electron chi connectivity index (χ4n) is 2.57. The van der Waals surface area contributed by atoms with Crippen molar-refractivity contribution >= 4 is 23.7 Å². The summed E-state index contributed by atoms with van der Waals surface area (Å²) in [6, 6.07) is 17.0. The zero-order chi connectivity index (χ0) is 17.6. The summed E-state index contributed by atoms with van der Waals surface area (Å²) in [5, 5.41) is 4.00. The maximum atomic E-state index is 12.1. The van der Waals surface area contributed by atoms with Crippen molar-refractivity contribution in [3.05, 3.63) is 60.2 Å². The van der Waals surface area contributed by atoms with Crippen molar-refractivity contribution in [1.82, 2.24) is 5.43 Å². The van der Waals surface area contributed by atoms with E-state index in [1.165, 1.54) is 4.90 Å². The number of ether oxygens (including phenoxy) is 1. The van der Waals surface area contributed by atoms with Gasteiger partial charge in [-0.3, -0.25) is 14.5 Å². The molecule has 6 nitrogen and oxygen atoms in total. The van der Waals surface area contributed by atoms with E-state index in [9.17, 15) is 9.59 Å². The molecule has 2 aromatic rings. The Morgan fingerprint density at radius 3 is 2.76 bits per heavy atom.